The predicted octanol–water partition coefficient (Wildman–Crippen LogP) is 3.82. The number of nitrogens with two attached hydrogens (primary N) is 1. The summed E-state index contributed by atoms with van der Waals surface area (Å²) in [5, 5.41) is 0. The van der Waals surface area contributed by atoms with E-state index in [9.17, 15) is 0 Å². The third-order valence-corrected chi connectivity index (χ3v) is 2.74. The summed E-state index contributed by atoms with van der Waals surface area (Å²) in [6.07, 6.45) is 0. The molecule has 1 rings (SSSR count). The van der Waals surface area contributed by atoms with E-state index in [1.165, 1.54) is 16.7 Å². The summed E-state index contributed by atoms with van der Waals surface area (Å²) in [6, 6.07) is 4.34. The first kappa shape index (κ1) is 11.1. The summed E-state index contributed by atoms with van der Waals surface area (Å²) in [4.78, 5) is 0. The molecule has 0 aliphatic heterocycles. The van der Waals surface area contributed by atoms with E-state index in [2.05, 4.69) is 46.8 Å². The van der Waals surface area contributed by atoms with Crippen LogP contribution >= 0.6 is 0 Å². The van der Waals surface area contributed by atoms with Crippen LogP contribution in [0.15, 0.2) is 12.1 Å². The Morgan fingerprint density at radius 1 is 1.00 bits per heavy atom. The summed E-state index contributed by atoms with van der Waals surface area (Å²) >= 11 is 0. The monoisotopic (exact) mass is 191 g/mol. The molecule has 1 heteroatoms. The van der Waals surface area contributed by atoms with Gasteiger partial charge in [0.25, 0.3) is 0 Å². The van der Waals surface area contributed by atoms with E-state index in [4.69, 9.17) is 5.73 Å². The van der Waals surface area contributed by atoms with Gasteiger partial charge in [-0.2, -0.15) is 0 Å². The van der Waals surface area contributed by atoms with Gasteiger partial charge in [0.2, 0.25) is 0 Å². The van der Waals surface area contributed by atoms with Crippen LogP contribution in [0.2, 0.25) is 0 Å². The zero-order valence-corrected chi connectivity index (χ0v) is 9.89. The van der Waals surface area contributed by atoms with Crippen LogP contribution in [0.3, 0.4) is 0 Å². The third-order valence-electron chi connectivity index (χ3n) is 2.74. The zero-order valence-electron chi connectivity index (χ0n) is 9.89. The van der Waals surface area contributed by atoms with Crippen molar-refractivity contribution in [2.24, 2.45) is 0 Å². The van der Waals surface area contributed by atoms with Crippen LogP contribution < -0.4 is 5.73 Å². The first-order valence-electron chi connectivity index (χ1n) is 5.34. The smallest absolute Gasteiger partial charge is 0.0387 e. The van der Waals surface area contributed by atoms with Crippen LogP contribution in [0.25, 0.3) is 0 Å². The van der Waals surface area contributed by atoms with Crippen molar-refractivity contribution < 1.29 is 0 Å². The van der Waals surface area contributed by atoms with Crippen LogP contribution in [0, 0.1) is 6.92 Å². The van der Waals surface area contributed by atoms with Gasteiger partial charge >= 0.3 is 0 Å². The van der Waals surface area contributed by atoms with Crippen molar-refractivity contribution in [3.05, 3.63) is 28.8 Å². The van der Waals surface area contributed by atoms with E-state index in [-0.39, 0.29) is 0 Å². The normalized spacial score (nSPS) is 11.4. The largest absolute Gasteiger partial charge is 0.398 e. The molecule has 2 N–H and O–H groups in total. The lowest BCUT2D eigenvalue weighted by molar-refractivity contribution is 0.833. The highest BCUT2D eigenvalue weighted by molar-refractivity contribution is 5.59. The molecule has 0 saturated heterocycles. The SMILES string of the molecule is Cc1ccc(C(C)C)c(N)c1C(C)C. The van der Waals surface area contributed by atoms with Gasteiger partial charge in [-0.05, 0) is 35.4 Å². The number of benzene rings is 1. The molecule has 0 amide bonds. The third kappa shape index (κ3) is 1.92. The maximum atomic E-state index is 6.19. The maximum Gasteiger partial charge on any atom is 0.0387 e. The summed E-state index contributed by atoms with van der Waals surface area (Å²) in [6.45, 7) is 10.9. The minimum Gasteiger partial charge on any atom is -0.398 e. The standard InChI is InChI=1S/C13H21N/c1-8(2)11-7-6-10(5)12(9(3)4)13(11)14/h6-9H,14H2,1-5H3. The van der Waals surface area contributed by atoms with Crippen molar-refractivity contribution in [1.82, 2.24) is 0 Å². The van der Waals surface area contributed by atoms with E-state index in [1.807, 2.05) is 0 Å². The summed E-state index contributed by atoms with van der Waals surface area (Å²) < 4.78 is 0. The summed E-state index contributed by atoms with van der Waals surface area (Å²) in [5.74, 6) is 1.02. The topological polar surface area (TPSA) is 26.0 Å². The Labute approximate surface area is 87.3 Å². The van der Waals surface area contributed by atoms with Gasteiger partial charge in [-0.3, -0.25) is 0 Å². The highest BCUT2D eigenvalue weighted by atomic mass is 14.6. The predicted molar refractivity (Wildman–Crippen MR) is 63.8 cm³/mol. The minimum atomic E-state index is 0.507. The van der Waals surface area contributed by atoms with Gasteiger partial charge in [-0.1, -0.05) is 39.8 Å². The number of nitrogen functional groups attached to an aromatic ring is 1. The van der Waals surface area contributed by atoms with Gasteiger partial charge in [0.15, 0.2) is 0 Å². The van der Waals surface area contributed by atoms with Crippen LogP contribution in [-0.2, 0) is 0 Å². The van der Waals surface area contributed by atoms with Crippen molar-refractivity contribution in [1.29, 1.82) is 0 Å². The van der Waals surface area contributed by atoms with E-state index in [0.717, 1.165) is 5.69 Å². The van der Waals surface area contributed by atoms with Crippen molar-refractivity contribution in [3.63, 3.8) is 0 Å². The van der Waals surface area contributed by atoms with Gasteiger partial charge in [-0.15, -0.1) is 0 Å². The Morgan fingerprint density at radius 2 is 1.57 bits per heavy atom. The fourth-order valence-corrected chi connectivity index (χ4v) is 2.03. The molecule has 1 nitrogen and oxygen atoms in total. The second-order valence-electron chi connectivity index (χ2n) is 4.61. The second kappa shape index (κ2) is 4.04. The Hall–Kier alpha value is -0.980. The van der Waals surface area contributed by atoms with E-state index in [0.29, 0.717) is 11.8 Å². The van der Waals surface area contributed by atoms with Gasteiger partial charge in [-0.25, -0.2) is 0 Å². The van der Waals surface area contributed by atoms with Crippen molar-refractivity contribution in [2.75, 3.05) is 5.73 Å². The minimum absolute atomic E-state index is 0.507. The molecule has 1 aromatic carbocycles. The lowest BCUT2D eigenvalue weighted by Gasteiger charge is -2.18. The van der Waals surface area contributed by atoms with Gasteiger partial charge in [0, 0.05) is 5.69 Å². The molecule has 0 bridgehead atoms. The zero-order chi connectivity index (χ0) is 10.9. The molecule has 0 radical (unpaired) electrons. The second-order valence-corrected chi connectivity index (χ2v) is 4.61. The van der Waals surface area contributed by atoms with Crippen LogP contribution in [0.4, 0.5) is 5.69 Å². The molecular weight excluding hydrogens is 170 g/mol. The molecule has 0 aromatic heterocycles. The Kier molecular flexibility index (Phi) is 3.20. The number of hydrogen-bond donors (Lipinski definition) is 1. The molecule has 1 aromatic rings. The molecule has 0 spiro atoms. The van der Waals surface area contributed by atoms with Gasteiger partial charge in [0.1, 0.15) is 0 Å². The quantitative estimate of drug-likeness (QED) is 0.706. The molecule has 0 heterocycles. The molecule has 14 heavy (non-hydrogen) atoms. The van der Waals surface area contributed by atoms with Crippen LogP contribution in [0.5, 0.6) is 0 Å². The van der Waals surface area contributed by atoms with Gasteiger partial charge < -0.3 is 5.73 Å². The summed E-state index contributed by atoms with van der Waals surface area (Å²) in [5.41, 5.74) is 11.1. The van der Waals surface area contributed by atoms with Crippen LogP contribution in [0.1, 0.15) is 56.2 Å². The average molecular weight is 191 g/mol. The first-order chi connectivity index (χ1) is 6.45. The maximum absolute atomic E-state index is 6.19. The van der Waals surface area contributed by atoms with Crippen molar-refractivity contribution in [2.45, 2.75) is 46.5 Å². The number of rotatable bonds is 2. The number of aryl methyl sites for hydroxylation is 1. The van der Waals surface area contributed by atoms with Gasteiger partial charge in [0.05, 0.1) is 0 Å². The fraction of sp³-hybridized carbons (Fsp3) is 0.538. The molecular formula is C13H21N. The number of anilines is 1. The first-order valence-corrected chi connectivity index (χ1v) is 5.34. The van der Waals surface area contributed by atoms with E-state index >= 15 is 0 Å². The molecule has 0 atom stereocenters. The Morgan fingerprint density at radius 3 is 2.00 bits per heavy atom. The fourth-order valence-electron chi connectivity index (χ4n) is 2.03. The average Bonchev–Trinajstić information content (AvgIpc) is 2.02. The van der Waals surface area contributed by atoms with E-state index < -0.39 is 0 Å². The van der Waals surface area contributed by atoms with Crippen molar-refractivity contribution >= 4 is 5.69 Å². The highest BCUT2D eigenvalue weighted by Crippen LogP contribution is 2.32. The molecule has 0 unspecified atom stereocenters. The molecule has 0 saturated carbocycles. The molecule has 0 aliphatic rings. The highest BCUT2D eigenvalue weighted by Gasteiger charge is 2.12. The lowest BCUT2D eigenvalue weighted by atomic mass is 9.90. The summed E-state index contributed by atoms with van der Waals surface area (Å²) in [7, 11) is 0. The number of hydrogen-bond acceptors (Lipinski definition) is 1. The lowest BCUT2D eigenvalue weighted by Crippen LogP contribution is -2.04. The molecule has 0 aliphatic carbocycles. The Balaban J connectivity index is 3.34. The molecule has 0 fully saturated rings. The van der Waals surface area contributed by atoms with Crippen molar-refractivity contribution in [3.8, 4) is 0 Å². The molecule has 78 valence electrons. The van der Waals surface area contributed by atoms with Crippen LogP contribution in [-0.4, -0.2) is 0 Å². The Bertz CT molecular complexity index is 324. The van der Waals surface area contributed by atoms with E-state index in [1.54, 1.807) is 0 Å².